The van der Waals surface area contributed by atoms with E-state index in [2.05, 4.69) is 10.1 Å². The number of nitrogens with one attached hydrogen (secondary N) is 1. The predicted octanol–water partition coefficient (Wildman–Crippen LogP) is 4.01. The summed E-state index contributed by atoms with van der Waals surface area (Å²) in [5, 5.41) is 3.99. The summed E-state index contributed by atoms with van der Waals surface area (Å²) in [4.78, 5) is 24.3. The van der Waals surface area contributed by atoms with Crippen LogP contribution >= 0.6 is 0 Å². The summed E-state index contributed by atoms with van der Waals surface area (Å²) in [6.07, 6.45) is 0. The number of nitrogens with zero attached hydrogens (tertiary/aromatic N) is 1. The molecule has 0 aliphatic carbocycles. The van der Waals surface area contributed by atoms with E-state index in [-0.39, 0.29) is 5.91 Å². The largest absolute Gasteiger partial charge is 0.465 e. The molecule has 0 bridgehead atoms. The molecule has 0 saturated heterocycles. The number of carbonyl (C=O) groups is 2. The highest BCUT2D eigenvalue weighted by molar-refractivity contribution is 6.08. The van der Waals surface area contributed by atoms with Gasteiger partial charge in [-0.3, -0.25) is 4.79 Å². The van der Waals surface area contributed by atoms with Gasteiger partial charge in [-0.25, -0.2) is 4.79 Å². The lowest BCUT2D eigenvalue weighted by Gasteiger charge is -2.10. The number of para-hydroxylation sites is 1. The van der Waals surface area contributed by atoms with Gasteiger partial charge in [-0.05, 0) is 49.7 Å². The maximum Gasteiger partial charge on any atom is 0.337 e. The van der Waals surface area contributed by atoms with Gasteiger partial charge in [0, 0.05) is 23.1 Å². The molecule has 0 saturated carbocycles. The van der Waals surface area contributed by atoms with Crippen LogP contribution in [-0.4, -0.2) is 23.6 Å². The lowest BCUT2D eigenvalue weighted by atomic mass is 10.1. The number of anilines is 1. The quantitative estimate of drug-likeness (QED) is 0.732. The third-order valence-electron chi connectivity index (χ3n) is 4.32. The molecular formula is C20H20N2O3. The summed E-state index contributed by atoms with van der Waals surface area (Å²) in [5.74, 6) is -0.568. The second-order valence-corrected chi connectivity index (χ2v) is 5.76. The summed E-state index contributed by atoms with van der Waals surface area (Å²) in [7, 11) is 1.34. The van der Waals surface area contributed by atoms with Crippen LogP contribution in [0.15, 0.2) is 48.5 Å². The van der Waals surface area contributed by atoms with Gasteiger partial charge in [-0.1, -0.05) is 18.2 Å². The van der Waals surface area contributed by atoms with Crippen molar-refractivity contribution in [1.29, 1.82) is 0 Å². The van der Waals surface area contributed by atoms with E-state index >= 15 is 0 Å². The number of rotatable bonds is 4. The molecule has 128 valence electrons. The number of aromatic nitrogens is 1. The second kappa shape index (κ2) is 6.81. The minimum Gasteiger partial charge on any atom is -0.465 e. The molecule has 1 N–H and O–H groups in total. The maximum atomic E-state index is 12.8. The van der Waals surface area contributed by atoms with E-state index in [0.717, 1.165) is 16.5 Å². The lowest BCUT2D eigenvalue weighted by Crippen LogP contribution is -2.18. The molecule has 5 heteroatoms. The number of ether oxygens (including phenoxy) is 1. The number of hydrogen-bond donors (Lipinski definition) is 1. The molecule has 0 aliphatic rings. The Labute approximate surface area is 146 Å². The third kappa shape index (κ3) is 3.01. The average molecular weight is 336 g/mol. The van der Waals surface area contributed by atoms with E-state index in [1.165, 1.54) is 7.11 Å². The Bertz CT molecular complexity index is 939. The van der Waals surface area contributed by atoms with E-state index < -0.39 is 5.97 Å². The van der Waals surface area contributed by atoms with Crippen molar-refractivity contribution in [3.8, 4) is 0 Å². The van der Waals surface area contributed by atoms with E-state index in [1.54, 1.807) is 24.3 Å². The van der Waals surface area contributed by atoms with Crippen molar-refractivity contribution in [2.45, 2.75) is 20.4 Å². The van der Waals surface area contributed by atoms with Crippen molar-refractivity contribution in [1.82, 2.24) is 4.57 Å². The van der Waals surface area contributed by atoms with E-state index in [0.29, 0.717) is 23.5 Å². The summed E-state index contributed by atoms with van der Waals surface area (Å²) in [6.45, 7) is 4.69. The smallest absolute Gasteiger partial charge is 0.337 e. The zero-order valence-electron chi connectivity index (χ0n) is 14.5. The highest BCUT2D eigenvalue weighted by Gasteiger charge is 2.19. The van der Waals surface area contributed by atoms with Gasteiger partial charge in [0.1, 0.15) is 5.69 Å². The number of amides is 1. The minimum absolute atomic E-state index is 0.165. The predicted molar refractivity (Wildman–Crippen MR) is 98.1 cm³/mol. The summed E-state index contributed by atoms with van der Waals surface area (Å²) < 4.78 is 6.69. The molecule has 25 heavy (non-hydrogen) atoms. The Morgan fingerprint density at radius 3 is 2.40 bits per heavy atom. The van der Waals surface area contributed by atoms with Crippen LogP contribution in [0.2, 0.25) is 0 Å². The van der Waals surface area contributed by atoms with Gasteiger partial charge in [-0.15, -0.1) is 0 Å². The average Bonchev–Trinajstić information content (AvgIpc) is 2.94. The number of esters is 1. The standard InChI is InChI=1S/C20H20N2O3/c1-4-22-17-8-6-5-7-16(17)13(2)18(22)19(23)21-15-11-9-14(10-12-15)20(24)25-3/h5-12H,4H2,1-3H3,(H,21,23). The van der Waals surface area contributed by atoms with E-state index in [1.807, 2.05) is 42.7 Å². The molecule has 3 aromatic rings. The first-order valence-electron chi connectivity index (χ1n) is 8.14. The summed E-state index contributed by atoms with van der Waals surface area (Å²) in [6, 6.07) is 14.6. The highest BCUT2D eigenvalue weighted by atomic mass is 16.5. The van der Waals surface area contributed by atoms with Gasteiger partial charge in [0.05, 0.1) is 12.7 Å². The molecule has 1 aromatic heterocycles. The van der Waals surface area contributed by atoms with Gasteiger partial charge < -0.3 is 14.6 Å². The maximum absolute atomic E-state index is 12.8. The van der Waals surface area contributed by atoms with Crippen molar-refractivity contribution in [3.05, 3.63) is 65.4 Å². The first-order valence-corrected chi connectivity index (χ1v) is 8.14. The van der Waals surface area contributed by atoms with Crippen molar-refractivity contribution in [3.63, 3.8) is 0 Å². The van der Waals surface area contributed by atoms with Crippen LogP contribution in [0, 0.1) is 6.92 Å². The number of fused-ring (bicyclic) bond motifs is 1. The topological polar surface area (TPSA) is 60.3 Å². The SMILES string of the molecule is CCn1c(C(=O)Nc2ccc(C(=O)OC)cc2)c(C)c2ccccc21. The first kappa shape index (κ1) is 16.8. The molecule has 5 nitrogen and oxygen atoms in total. The molecule has 0 atom stereocenters. The number of carbonyl (C=O) groups excluding carboxylic acids is 2. The van der Waals surface area contributed by atoms with Crippen molar-refractivity contribution in [2.75, 3.05) is 12.4 Å². The lowest BCUT2D eigenvalue weighted by molar-refractivity contribution is 0.0600. The molecule has 0 unspecified atom stereocenters. The van der Waals surface area contributed by atoms with Gasteiger partial charge in [-0.2, -0.15) is 0 Å². The normalized spacial score (nSPS) is 10.7. The van der Waals surface area contributed by atoms with Gasteiger partial charge >= 0.3 is 5.97 Å². The Morgan fingerprint density at radius 2 is 1.76 bits per heavy atom. The zero-order chi connectivity index (χ0) is 18.0. The Hall–Kier alpha value is -3.08. The minimum atomic E-state index is -0.403. The summed E-state index contributed by atoms with van der Waals surface area (Å²) >= 11 is 0. The molecule has 0 spiro atoms. The van der Waals surface area contributed by atoms with E-state index in [4.69, 9.17) is 0 Å². The van der Waals surface area contributed by atoms with Crippen molar-refractivity contribution in [2.24, 2.45) is 0 Å². The molecule has 1 amide bonds. The van der Waals surface area contributed by atoms with Gasteiger partial charge in [0.15, 0.2) is 0 Å². The Kier molecular flexibility index (Phi) is 4.57. The fourth-order valence-electron chi connectivity index (χ4n) is 3.10. The fourth-order valence-corrected chi connectivity index (χ4v) is 3.10. The number of benzene rings is 2. The van der Waals surface area contributed by atoms with Gasteiger partial charge in [0.25, 0.3) is 5.91 Å². The zero-order valence-corrected chi connectivity index (χ0v) is 14.5. The van der Waals surface area contributed by atoms with Crippen LogP contribution in [0.5, 0.6) is 0 Å². The molecule has 0 radical (unpaired) electrons. The molecule has 2 aromatic carbocycles. The number of hydrogen-bond acceptors (Lipinski definition) is 3. The van der Waals surface area contributed by atoms with Crippen LogP contribution in [-0.2, 0) is 11.3 Å². The van der Waals surface area contributed by atoms with Crippen LogP contribution in [0.4, 0.5) is 5.69 Å². The molecule has 3 rings (SSSR count). The number of aryl methyl sites for hydroxylation is 2. The first-order chi connectivity index (χ1) is 12.1. The van der Waals surface area contributed by atoms with E-state index in [9.17, 15) is 9.59 Å². The second-order valence-electron chi connectivity index (χ2n) is 5.76. The Morgan fingerprint density at radius 1 is 1.08 bits per heavy atom. The van der Waals surface area contributed by atoms with Gasteiger partial charge in [0.2, 0.25) is 0 Å². The Balaban J connectivity index is 1.92. The molecular weight excluding hydrogens is 316 g/mol. The van der Waals surface area contributed by atoms with Crippen LogP contribution < -0.4 is 5.32 Å². The fraction of sp³-hybridized carbons (Fsp3) is 0.200. The highest BCUT2D eigenvalue weighted by Crippen LogP contribution is 2.26. The molecule has 0 fully saturated rings. The number of methoxy groups -OCH3 is 1. The van der Waals surface area contributed by atoms with Crippen LogP contribution in [0.25, 0.3) is 10.9 Å². The third-order valence-corrected chi connectivity index (χ3v) is 4.32. The molecule has 0 aliphatic heterocycles. The van der Waals surface area contributed by atoms with Crippen molar-refractivity contribution < 1.29 is 14.3 Å². The van der Waals surface area contributed by atoms with Crippen LogP contribution in [0.3, 0.4) is 0 Å². The van der Waals surface area contributed by atoms with Crippen LogP contribution in [0.1, 0.15) is 33.3 Å². The summed E-state index contributed by atoms with van der Waals surface area (Å²) in [5.41, 5.74) is 3.74. The van der Waals surface area contributed by atoms with Crippen molar-refractivity contribution >= 4 is 28.5 Å². The monoisotopic (exact) mass is 336 g/mol. The molecule has 1 heterocycles.